The fourth-order valence-corrected chi connectivity index (χ4v) is 6.28. The van der Waals surface area contributed by atoms with Crippen molar-refractivity contribution in [3.05, 3.63) is 58.4 Å². The predicted octanol–water partition coefficient (Wildman–Crippen LogP) is 4.11. The van der Waals surface area contributed by atoms with Crippen LogP contribution in [0.4, 0.5) is 15.8 Å². The van der Waals surface area contributed by atoms with E-state index in [-0.39, 0.29) is 22.8 Å². The van der Waals surface area contributed by atoms with Crippen molar-refractivity contribution in [1.29, 1.82) is 0 Å². The normalized spacial score (nSPS) is 17.4. The van der Waals surface area contributed by atoms with E-state index in [4.69, 9.17) is 9.97 Å². The molecule has 7 rings (SSSR count). The Kier molecular flexibility index (Phi) is 5.70. The van der Waals surface area contributed by atoms with Gasteiger partial charge in [0.05, 0.1) is 27.7 Å². The van der Waals surface area contributed by atoms with Gasteiger partial charge in [-0.3, -0.25) is 4.79 Å². The maximum Gasteiger partial charge on any atom is 0.341 e. The van der Waals surface area contributed by atoms with Gasteiger partial charge < -0.3 is 30.2 Å². The van der Waals surface area contributed by atoms with Crippen LogP contribution in [-0.4, -0.2) is 63.8 Å². The van der Waals surface area contributed by atoms with Gasteiger partial charge in [-0.25, -0.2) is 19.2 Å². The van der Waals surface area contributed by atoms with Crippen LogP contribution in [0.5, 0.6) is 0 Å². The van der Waals surface area contributed by atoms with Gasteiger partial charge in [0.25, 0.3) is 0 Å². The van der Waals surface area contributed by atoms with E-state index in [0.29, 0.717) is 34.5 Å². The lowest BCUT2D eigenvalue weighted by Crippen LogP contribution is -2.23. The van der Waals surface area contributed by atoms with Crippen molar-refractivity contribution in [2.75, 3.05) is 43.4 Å². The molecule has 4 aromatic heterocycles. The van der Waals surface area contributed by atoms with Gasteiger partial charge in [0, 0.05) is 67.8 Å². The number of aromatic amines is 1. The van der Waals surface area contributed by atoms with E-state index in [1.165, 1.54) is 18.3 Å². The number of fused-ring (bicyclic) bond motifs is 4. The number of rotatable bonds is 5. The number of carbonyl (C=O) groups is 1. The monoisotopic (exact) mass is 541 g/mol. The topological polar surface area (TPSA) is 128 Å². The minimum atomic E-state index is -1.26. The zero-order valence-electron chi connectivity index (χ0n) is 21.9. The number of pyridine rings is 3. The number of halogens is 1. The lowest BCUT2D eigenvalue weighted by molar-refractivity contribution is 0.0694. The Morgan fingerprint density at radius 3 is 2.70 bits per heavy atom. The van der Waals surface area contributed by atoms with E-state index < -0.39 is 11.4 Å². The maximum atomic E-state index is 14.7. The van der Waals surface area contributed by atoms with Crippen molar-refractivity contribution >= 4 is 50.3 Å². The first-order valence-electron chi connectivity index (χ1n) is 13.5. The molecule has 0 saturated carbocycles. The van der Waals surface area contributed by atoms with Crippen LogP contribution in [0.3, 0.4) is 0 Å². The molecule has 0 aliphatic carbocycles. The van der Waals surface area contributed by atoms with Crippen LogP contribution in [0, 0.1) is 5.82 Å². The number of hydrogen-bond donors (Lipinski definition) is 4. The Labute approximate surface area is 227 Å². The highest BCUT2D eigenvalue weighted by atomic mass is 19.1. The summed E-state index contributed by atoms with van der Waals surface area (Å²) >= 11 is 0. The molecule has 11 heteroatoms. The zero-order chi connectivity index (χ0) is 27.5. The summed E-state index contributed by atoms with van der Waals surface area (Å²) in [5.41, 5.74) is 3.96. The highest BCUT2D eigenvalue weighted by Crippen LogP contribution is 2.43. The molecule has 40 heavy (non-hydrogen) atoms. The SMILES string of the molecule is CNc1cc(F)cc2c1[nH]c1ncc(-c3cnc4c(c3)c(=O)c(C(=O)O)cn4C3CCNC3)c(N3CCCC3)c12. The molecule has 0 radical (unpaired) electrons. The molecule has 5 aromatic rings. The Morgan fingerprint density at radius 1 is 1.15 bits per heavy atom. The second kappa shape index (κ2) is 9.30. The van der Waals surface area contributed by atoms with Crippen molar-refractivity contribution in [3.63, 3.8) is 0 Å². The fraction of sp³-hybridized carbons (Fsp3) is 0.310. The molecule has 2 aliphatic rings. The number of carboxylic acids is 1. The molecule has 1 aromatic carbocycles. The number of H-pyrrole nitrogens is 1. The molecule has 1 atom stereocenters. The molecule has 1 unspecified atom stereocenters. The zero-order valence-corrected chi connectivity index (χ0v) is 21.9. The molecule has 2 saturated heterocycles. The summed E-state index contributed by atoms with van der Waals surface area (Å²) in [7, 11) is 1.75. The van der Waals surface area contributed by atoms with Gasteiger partial charge in [0.1, 0.15) is 22.7 Å². The third kappa shape index (κ3) is 3.72. The van der Waals surface area contributed by atoms with E-state index >= 15 is 0 Å². The highest BCUT2D eigenvalue weighted by molar-refractivity contribution is 6.18. The van der Waals surface area contributed by atoms with Gasteiger partial charge in [-0.2, -0.15) is 0 Å². The van der Waals surface area contributed by atoms with Crippen molar-refractivity contribution < 1.29 is 14.3 Å². The Bertz CT molecular complexity index is 1880. The average Bonchev–Trinajstić information content (AvgIpc) is 3.74. The van der Waals surface area contributed by atoms with Gasteiger partial charge in [0.15, 0.2) is 0 Å². The largest absolute Gasteiger partial charge is 0.477 e. The summed E-state index contributed by atoms with van der Waals surface area (Å²) in [4.78, 5) is 40.5. The molecule has 0 spiro atoms. The smallest absolute Gasteiger partial charge is 0.341 e. The van der Waals surface area contributed by atoms with Gasteiger partial charge in [-0.05, 0) is 44.0 Å². The summed E-state index contributed by atoms with van der Waals surface area (Å²) < 4.78 is 16.5. The first-order valence-corrected chi connectivity index (χ1v) is 13.5. The molecule has 6 heterocycles. The molecular formula is C29H28FN7O3. The van der Waals surface area contributed by atoms with Crippen LogP contribution in [0.15, 0.2) is 41.6 Å². The van der Waals surface area contributed by atoms with Crippen LogP contribution >= 0.6 is 0 Å². The summed E-state index contributed by atoms with van der Waals surface area (Å²) in [6.45, 7) is 3.15. The third-order valence-corrected chi connectivity index (χ3v) is 8.20. The Morgan fingerprint density at radius 2 is 1.98 bits per heavy atom. The lowest BCUT2D eigenvalue weighted by atomic mass is 10.0. The second-order valence-electron chi connectivity index (χ2n) is 10.5. The quantitative estimate of drug-likeness (QED) is 0.262. The molecule has 0 amide bonds. The van der Waals surface area contributed by atoms with E-state index in [1.54, 1.807) is 25.5 Å². The highest BCUT2D eigenvalue weighted by Gasteiger charge is 2.26. The molecule has 10 nitrogen and oxygen atoms in total. The van der Waals surface area contributed by atoms with Gasteiger partial charge >= 0.3 is 5.97 Å². The number of nitrogens with one attached hydrogen (secondary N) is 3. The van der Waals surface area contributed by atoms with Crippen molar-refractivity contribution in [2.24, 2.45) is 0 Å². The molecule has 2 aliphatic heterocycles. The average molecular weight is 542 g/mol. The lowest BCUT2D eigenvalue weighted by Gasteiger charge is -2.23. The Balaban J connectivity index is 1.52. The minimum Gasteiger partial charge on any atom is -0.477 e. The fourth-order valence-electron chi connectivity index (χ4n) is 6.28. The van der Waals surface area contributed by atoms with Crippen LogP contribution in [0.25, 0.3) is 44.1 Å². The molecule has 2 fully saturated rings. The number of aromatic nitrogens is 4. The number of aromatic carboxylic acids is 1. The molecule has 204 valence electrons. The number of carboxylic acid groups (broad SMARTS) is 1. The summed E-state index contributed by atoms with van der Waals surface area (Å²) in [6, 6.07) is 4.70. The molecule has 4 N–H and O–H groups in total. The van der Waals surface area contributed by atoms with Gasteiger partial charge in [-0.1, -0.05) is 0 Å². The van der Waals surface area contributed by atoms with Crippen molar-refractivity contribution in [2.45, 2.75) is 25.3 Å². The summed E-state index contributed by atoms with van der Waals surface area (Å²) in [6.07, 6.45) is 7.76. The standard InChI is InChI=1S/C29H28FN7O3/c1-31-22-10-16(30)9-18-23-25(36-6-2-3-7-36)20(13-33-27(23)35-24(18)22)15-8-19-26(38)21(29(39)40)14-37(28(19)34-11-15)17-4-5-32-12-17/h8-11,13-14,17,31-32H,2-7,12H2,1H3,(H,33,35)(H,39,40). The van der Waals surface area contributed by atoms with Crippen LogP contribution in [0.2, 0.25) is 0 Å². The van der Waals surface area contributed by atoms with Crippen molar-refractivity contribution in [3.8, 4) is 11.1 Å². The molecule has 0 bridgehead atoms. The number of benzene rings is 1. The van der Waals surface area contributed by atoms with E-state index in [2.05, 4.69) is 20.5 Å². The molecular weight excluding hydrogens is 513 g/mol. The number of hydrogen-bond acceptors (Lipinski definition) is 7. The van der Waals surface area contributed by atoms with Gasteiger partial charge in [-0.15, -0.1) is 0 Å². The second-order valence-corrected chi connectivity index (χ2v) is 10.5. The summed E-state index contributed by atoms with van der Waals surface area (Å²) in [5, 5.41) is 17.9. The minimum absolute atomic E-state index is 0.000200. The number of nitrogens with zero attached hydrogens (tertiary/aromatic N) is 4. The van der Waals surface area contributed by atoms with Crippen LogP contribution in [0.1, 0.15) is 35.7 Å². The van der Waals surface area contributed by atoms with E-state index in [1.807, 2.05) is 4.57 Å². The number of anilines is 2. The first-order chi connectivity index (χ1) is 19.4. The third-order valence-electron chi connectivity index (χ3n) is 8.20. The van der Waals surface area contributed by atoms with E-state index in [0.717, 1.165) is 61.1 Å². The summed E-state index contributed by atoms with van der Waals surface area (Å²) in [5.74, 6) is -1.62. The van der Waals surface area contributed by atoms with Crippen molar-refractivity contribution in [1.82, 2.24) is 24.8 Å². The van der Waals surface area contributed by atoms with Gasteiger partial charge in [0.2, 0.25) is 5.43 Å². The maximum absolute atomic E-state index is 14.7. The van der Waals surface area contributed by atoms with Crippen LogP contribution < -0.4 is 21.0 Å². The Hall–Kier alpha value is -4.51. The van der Waals surface area contributed by atoms with Crippen LogP contribution in [-0.2, 0) is 0 Å². The van der Waals surface area contributed by atoms with E-state index in [9.17, 15) is 19.1 Å². The predicted molar refractivity (Wildman–Crippen MR) is 153 cm³/mol. The first kappa shape index (κ1) is 24.5.